The van der Waals surface area contributed by atoms with Gasteiger partial charge in [0.05, 0.1) is 12.6 Å². The van der Waals surface area contributed by atoms with Gasteiger partial charge in [-0.1, -0.05) is 42.5 Å². The molecule has 0 spiro atoms. The number of amides is 1. The monoisotopic (exact) mass is 404 g/mol. The van der Waals surface area contributed by atoms with Gasteiger partial charge in [0.2, 0.25) is 5.91 Å². The first kappa shape index (κ1) is 14.8. The molecule has 110 valence electrons. The van der Waals surface area contributed by atoms with Crippen LogP contribution in [-0.4, -0.2) is 12.1 Å². The lowest BCUT2D eigenvalue weighted by molar-refractivity contribution is -0.120. The summed E-state index contributed by atoms with van der Waals surface area (Å²) in [4.78, 5) is 12.0. The normalized spacial score (nSPS) is 11.1. The van der Waals surface area contributed by atoms with Crippen LogP contribution < -0.4 is 5.43 Å². The minimum absolute atomic E-state index is 0.158. The van der Waals surface area contributed by atoms with Crippen LogP contribution in [0.4, 0.5) is 0 Å². The van der Waals surface area contributed by atoms with E-state index in [9.17, 15) is 4.79 Å². The Morgan fingerprint density at radius 2 is 1.95 bits per heavy atom. The third-order valence-corrected chi connectivity index (χ3v) is 3.79. The molecule has 0 bridgehead atoms. The summed E-state index contributed by atoms with van der Waals surface area (Å²) < 4.78 is 6.11. The summed E-state index contributed by atoms with van der Waals surface area (Å²) in [5.74, 6) is 0.448. The van der Waals surface area contributed by atoms with Crippen LogP contribution in [0.15, 0.2) is 64.1 Å². The number of hydrazone groups is 1. The van der Waals surface area contributed by atoms with E-state index in [0.717, 1.165) is 20.1 Å². The fourth-order valence-electron chi connectivity index (χ4n) is 2.22. The van der Waals surface area contributed by atoms with Crippen LogP contribution in [-0.2, 0) is 11.2 Å². The van der Waals surface area contributed by atoms with Gasteiger partial charge in [-0.15, -0.1) is 0 Å². The van der Waals surface area contributed by atoms with Crippen LogP contribution in [0.25, 0.3) is 10.8 Å². The lowest BCUT2D eigenvalue weighted by atomic mass is 10.0. The van der Waals surface area contributed by atoms with E-state index < -0.39 is 0 Å². The summed E-state index contributed by atoms with van der Waals surface area (Å²) in [6, 6.07) is 17.6. The van der Waals surface area contributed by atoms with E-state index in [1.165, 1.54) is 6.21 Å². The van der Waals surface area contributed by atoms with Gasteiger partial charge in [-0.25, -0.2) is 5.43 Å². The van der Waals surface area contributed by atoms with Crippen LogP contribution >= 0.6 is 22.6 Å². The van der Waals surface area contributed by atoms with Crippen molar-refractivity contribution < 1.29 is 9.21 Å². The van der Waals surface area contributed by atoms with Gasteiger partial charge in [0.25, 0.3) is 0 Å². The van der Waals surface area contributed by atoms with Crippen molar-refractivity contribution in [2.24, 2.45) is 5.10 Å². The van der Waals surface area contributed by atoms with Gasteiger partial charge in [-0.3, -0.25) is 4.79 Å². The molecule has 0 saturated carbocycles. The summed E-state index contributed by atoms with van der Waals surface area (Å²) in [6.07, 6.45) is 1.78. The minimum Gasteiger partial charge on any atom is -0.449 e. The number of nitrogens with zero attached hydrogens (tertiary/aromatic N) is 1. The van der Waals surface area contributed by atoms with E-state index >= 15 is 0 Å². The summed E-state index contributed by atoms with van der Waals surface area (Å²) in [5, 5.41) is 6.12. The maximum Gasteiger partial charge on any atom is 0.244 e. The molecule has 0 saturated heterocycles. The smallest absolute Gasteiger partial charge is 0.244 e. The number of rotatable bonds is 4. The Hall–Kier alpha value is -2.15. The Labute approximate surface area is 141 Å². The molecule has 5 heteroatoms. The molecule has 1 aromatic heterocycles. The zero-order valence-electron chi connectivity index (χ0n) is 11.6. The standard InChI is InChI=1S/C17H13IN2O2/c18-16-9-8-14(22-16)11-19-20-17(21)10-13-6-3-5-12-4-1-2-7-15(12)13/h1-9,11H,10H2,(H,20,21)/b19-11-. The zero-order chi connectivity index (χ0) is 15.4. The number of hydrogen-bond donors (Lipinski definition) is 1. The molecule has 3 aromatic rings. The van der Waals surface area contributed by atoms with Crippen molar-refractivity contribution in [2.45, 2.75) is 6.42 Å². The van der Waals surface area contributed by atoms with Crippen LogP contribution in [0.5, 0.6) is 0 Å². The van der Waals surface area contributed by atoms with Crippen LogP contribution in [0.3, 0.4) is 0 Å². The highest BCUT2D eigenvalue weighted by atomic mass is 127. The van der Waals surface area contributed by atoms with Gasteiger partial charge in [0.15, 0.2) is 3.77 Å². The number of benzene rings is 2. The average molecular weight is 404 g/mol. The van der Waals surface area contributed by atoms with Crippen LogP contribution in [0, 0.1) is 3.77 Å². The van der Waals surface area contributed by atoms with Crippen molar-refractivity contribution in [1.82, 2.24) is 5.43 Å². The Kier molecular flexibility index (Phi) is 4.53. The largest absolute Gasteiger partial charge is 0.449 e. The Morgan fingerprint density at radius 1 is 1.14 bits per heavy atom. The molecule has 3 rings (SSSR count). The van der Waals surface area contributed by atoms with Crippen molar-refractivity contribution in [3.63, 3.8) is 0 Å². The fourth-order valence-corrected chi connectivity index (χ4v) is 2.66. The molecule has 2 aromatic carbocycles. The Balaban J connectivity index is 1.67. The number of fused-ring (bicyclic) bond motifs is 1. The predicted molar refractivity (Wildman–Crippen MR) is 94.8 cm³/mol. The molecule has 0 aliphatic rings. The van der Waals surface area contributed by atoms with E-state index in [1.54, 1.807) is 6.07 Å². The lowest BCUT2D eigenvalue weighted by Gasteiger charge is -2.05. The van der Waals surface area contributed by atoms with Crippen molar-refractivity contribution in [3.8, 4) is 0 Å². The molecule has 0 aliphatic heterocycles. The van der Waals surface area contributed by atoms with Crippen molar-refractivity contribution >= 4 is 45.5 Å². The third kappa shape index (κ3) is 3.54. The van der Waals surface area contributed by atoms with Gasteiger partial charge >= 0.3 is 0 Å². The second-order valence-corrected chi connectivity index (χ2v) is 5.81. The summed E-state index contributed by atoms with van der Waals surface area (Å²) in [6.45, 7) is 0. The zero-order valence-corrected chi connectivity index (χ0v) is 13.8. The summed E-state index contributed by atoms with van der Waals surface area (Å²) in [7, 11) is 0. The van der Waals surface area contributed by atoms with Crippen molar-refractivity contribution in [1.29, 1.82) is 0 Å². The van der Waals surface area contributed by atoms with Gasteiger partial charge < -0.3 is 4.42 Å². The maximum absolute atomic E-state index is 12.0. The number of carbonyl (C=O) groups is 1. The van der Waals surface area contributed by atoms with E-state index in [2.05, 4.69) is 33.1 Å². The molecule has 0 radical (unpaired) electrons. The second-order valence-electron chi connectivity index (χ2n) is 4.75. The highest BCUT2D eigenvalue weighted by Gasteiger charge is 2.06. The Bertz CT molecular complexity index is 834. The highest BCUT2D eigenvalue weighted by molar-refractivity contribution is 14.1. The maximum atomic E-state index is 12.0. The average Bonchev–Trinajstić information content (AvgIpc) is 2.93. The Morgan fingerprint density at radius 3 is 2.77 bits per heavy atom. The topological polar surface area (TPSA) is 54.6 Å². The fraction of sp³-hybridized carbons (Fsp3) is 0.0588. The van der Waals surface area contributed by atoms with E-state index in [0.29, 0.717) is 5.76 Å². The number of carbonyl (C=O) groups excluding carboxylic acids is 1. The number of hydrogen-bond acceptors (Lipinski definition) is 3. The van der Waals surface area contributed by atoms with E-state index in [4.69, 9.17) is 4.42 Å². The summed E-state index contributed by atoms with van der Waals surface area (Å²) >= 11 is 2.07. The molecular formula is C17H13IN2O2. The van der Waals surface area contributed by atoms with Gasteiger partial charge in [-0.05, 0) is 51.1 Å². The molecule has 1 heterocycles. The SMILES string of the molecule is O=C(Cc1cccc2ccccc12)N/N=C\c1ccc(I)o1. The van der Waals surface area contributed by atoms with Crippen molar-refractivity contribution in [2.75, 3.05) is 0 Å². The lowest BCUT2D eigenvalue weighted by Crippen LogP contribution is -2.19. The molecule has 1 N–H and O–H groups in total. The van der Waals surface area contributed by atoms with Crippen LogP contribution in [0.1, 0.15) is 11.3 Å². The van der Waals surface area contributed by atoms with Crippen molar-refractivity contribution in [3.05, 3.63) is 69.7 Å². The molecule has 0 unspecified atom stereocenters. The first-order valence-corrected chi connectivity index (χ1v) is 7.84. The quantitative estimate of drug-likeness (QED) is 0.409. The van der Waals surface area contributed by atoms with E-state index in [-0.39, 0.29) is 12.3 Å². The number of nitrogens with one attached hydrogen (secondary N) is 1. The predicted octanol–water partition coefficient (Wildman–Crippen LogP) is 3.73. The van der Waals surface area contributed by atoms with Gasteiger partial charge in [-0.2, -0.15) is 5.10 Å². The first-order chi connectivity index (χ1) is 10.7. The van der Waals surface area contributed by atoms with Crippen LogP contribution in [0.2, 0.25) is 0 Å². The highest BCUT2D eigenvalue weighted by Crippen LogP contribution is 2.18. The van der Waals surface area contributed by atoms with E-state index in [1.807, 2.05) is 48.5 Å². The molecule has 0 fully saturated rings. The third-order valence-electron chi connectivity index (χ3n) is 3.21. The molecule has 0 aliphatic carbocycles. The molecular weight excluding hydrogens is 391 g/mol. The number of halogens is 1. The molecule has 22 heavy (non-hydrogen) atoms. The minimum atomic E-state index is -0.158. The van der Waals surface area contributed by atoms with Gasteiger partial charge in [0.1, 0.15) is 5.76 Å². The number of furan rings is 1. The molecule has 4 nitrogen and oxygen atoms in total. The van der Waals surface area contributed by atoms with Gasteiger partial charge in [0, 0.05) is 0 Å². The molecule has 1 amide bonds. The summed E-state index contributed by atoms with van der Waals surface area (Å²) in [5.41, 5.74) is 3.51. The first-order valence-electron chi connectivity index (χ1n) is 6.76. The molecule has 0 atom stereocenters. The second kappa shape index (κ2) is 6.74.